The summed E-state index contributed by atoms with van der Waals surface area (Å²) in [4.78, 5) is 26.7. The van der Waals surface area contributed by atoms with Gasteiger partial charge in [0.2, 0.25) is 0 Å². The molecule has 1 atom stereocenters. The first-order valence-electron chi connectivity index (χ1n) is 10.1. The van der Waals surface area contributed by atoms with Crippen LogP contribution in [0.1, 0.15) is 66.1 Å². The fourth-order valence-electron chi connectivity index (χ4n) is 4.23. The normalized spacial score (nSPS) is 20.3. The number of piperidine rings is 1. The predicted octanol–water partition coefficient (Wildman–Crippen LogP) is 2.69. The zero-order valence-electron chi connectivity index (χ0n) is 16.2. The first-order chi connectivity index (χ1) is 13.2. The van der Waals surface area contributed by atoms with Gasteiger partial charge < -0.3 is 9.80 Å². The molecular weight excluding hydrogens is 340 g/mol. The molecule has 4 heterocycles. The number of aromatic nitrogens is 4. The monoisotopic (exact) mass is 368 g/mol. The maximum Gasteiger partial charge on any atom is 0.257 e. The number of carbonyl (C=O) groups is 1. The molecule has 1 amide bonds. The average molecular weight is 368 g/mol. The number of H-pyrrole nitrogens is 1. The summed E-state index contributed by atoms with van der Waals surface area (Å²) in [7, 11) is 0. The molecule has 4 rings (SSSR count). The number of aromatic amines is 1. The third-order valence-electron chi connectivity index (χ3n) is 5.70. The van der Waals surface area contributed by atoms with Crippen molar-refractivity contribution < 1.29 is 4.79 Å². The highest BCUT2D eigenvalue weighted by molar-refractivity contribution is 5.95. The van der Waals surface area contributed by atoms with E-state index in [0.29, 0.717) is 12.1 Å². The number of hydrogen-bond donors (Lipinski definition) is 1. The summed E-state index contributed by atoms with van der Waals surface area (Å²) in [6, 6.07) is 2.15. The lowest BCUT2D eigenvalue weighted by molar-refractivity contribution is 0.0705. The van der Waals surface area contributed by atoms with E-state index in [0.717, 1.165) is 61.9 Å². The van der Waals surface area contributed by atoms with Crippen molar-refractivity contribution >= 4 is 11.7 Å². The van der Waals surface area contributed by atoms with Gasteiger partial charge in [0, 0.05) is 43.9 Å². The third kappa shape index (κ3) is 3.68. The number of rotatable bonds is 4. The molecule has 2 aliphatic rings. The van der Waals surface area contributed by atoms with Gasteiger partial charge >= 0.3 is 0 Å². The Morgan fingerprint density at radius 3 is 2.81 bits per heavy atom. The summed E-state index contributed by atoms with van der Waals surface area (Å²) in [6.07, 6.45) is 6.96. The molecule has 0 saturated carbocycles. The van der Waals surface area contributed by atoms with Crippen LogP contribution in [0.2, 0.25) is 0 Å². The van der Waals surface area contributed by atoms with Crippen LogP contribution < -0.4 is 4.90 Å². The largest absolute Gasteiger partial charge is 0.357 e. The van der Waals surface area contributed by atoms with Crippen LogP contribution in [0.15, 0.2) is 12.3 Å². The topological polar surface area (TPSA) is 78.0 Å². The Labute approximate surface area is 160 Å². The number of nitrogens with zero attached hydrogens (tertiary/aromatic N) is 5. The molecule has 0 aliphatic carbocycles. The lowest BCUT2D eigenvalue weighted by Gasteiger charge is -2.33. The summed E-state index contributed by atoms with van der Waals surface area (Å²) in [6.45, 7) is 7.66. The highest BCUT2D eigenvalue weighted by Gasteiger charge is 2.29. The Bertz CT molecular complexity index is 811. The molecule has 144 valence electrons. The van der Waals surface area contributed by atoms with Crippen LogP contribution >= 0.6 is 0 Å². The van der Waals surface area contributed by atoms with Crippen LogP contribution in [-0.2, 0) is 6.42 Å². The minimum atomic E-state index is 0.0795. The summed E-state index contributed by atoms with van der Waals surface area (Å²) >= 11 is 0. The van der Waals surface area contributed by atoms with E-state index in [9.17, 15) is 4.79 Å². The number of likely N-dealkylation sites (tertiary alicyclic amines) is 1. The van der Waals surface area contributed by atoms with E-state index in [1.807, 2.05) is 18.7 Å². The molecular formula is C20H28N6O. The van der Waals surface area contributed by atoms with Crippen molar-refractivity contribution in [1.82, 2.24) is 25.1 Å². The van der Waals surface area contributed by atoms with Crippen molar-refractivity contribution in [3.8, 4) is 0 Å². The van der Waals surface area contributed by atoms with Crippen molar-refractivity contribution in [1.29, 1.82) is 0 Å². The summed E-state index contributed by atoms with van der Waals surface area (Å²) in [5.41, 5.74) is 2.69. The fraction of sp³-hybridized carbons (Fsp3) is 0.600. The van der Waals surface area contributed by atoms with Crippen molar-refractivity contribution in [2.24, 2.45) is 0 Å². The first-order valence-corrected chi connectivity index (χ1v) is 10.1. The van der Waals surface area contributed by atoms with Crippen LogP contribution in [0.25, 0.3) is 0 Å². The van der Waals surface area contributed by atoms with E-state index >= 15 is 0 Å². The van der Waals surface area contributed by atoms with Crippen LogP contribution in [0.5, 0.6) is 0 Å². The minimum absolute atomic E-state index is 0.0795. The molecule has 2 saturated heterocycles. The Morgan fingerprint density at radius 2 is 2.04 bits per heavy atom. The summed E-state index contributed by atoms with van der Waals surface area (Å²) < 4.78 is 0. The first kappa shape index (κ1) is 17.9. The van der Waals surface area contributed by atoms with Crippen LogP contribution in [-0.4, -0.2) is 57.2 Å². The summed E-state index contributed by atoms with van der Waals surface area (Å²) in [5.74, 6) is 2.21. The number of carbonyl (C=O) groups excluding carboxylic acids is 1. The molecule has 2 fully saturated rings. The Morgan fingerprint density at radius 1 is 1.22 bits per heavy atom. The number of anilines is 1. The van der Waals surface area contributed by atoms with E-state index in [1.54, 1.807) is 6.20 Å². The van der Waals surface area contributed by atoms with E-state index in [-0.39, 0.29) is 11.8 Å². The van der Waals surface area contributed by atoms with Gasteiger partial charge in [-0.1, -0.05) is 6.92 Å². The quantitative estimate of drug-likeness (QED) is 0.898. The lowest BCUT2D eigenvalue weighted by atomic mass is 9.93. The zero-order valence-corrected chi connectivity index (χ0v) is 16.2. The van der Waals surface area contributed by atoms with Gasteiger partial charge in [-0.2, -0.15) is 5.10 Å². The van der Waals surface area contributed by atoms with Crippen LogP contribution in [0.3, 0.4) is 0 Å². The van der Waals surface area contributed by atoms with Crippen LogP contribution in [0.4, 0.5) is 5.82 Å². The van der Waals surface area contributed by atoms with Gasteiger partial charge in [-0.3, -0.25) is 9.89 Å². The zero-order chi connectivity index (χ0) is 18.8. The Balaban J connectivity index is 1.53. The standard InChI is InChI=1S/C20H28N6O/c1-3-17-16(12-21-24-17)20(27)26-10-6-7-15(13-26)18-11-19(23-14(2)22-18)25-8-4-5-9-25/h11-12,15H,3-10,13H2,1-2H3,(H,21,24)/t15-/m0/s1. The molecule has 0 bridgehead atoms. The van der Waals surface area contributed by atoms with Gasteiger partial charge in [-0.25, -0.2) is 9.97 Å². The van der Waals surface area contributed by atoms with Gasteiger partial charge in [-0.05, 0) is 39.0 Å². The van der Waals surface area contributed by atoms with Crippen LogP contribution in [0, 0.1) is 6.92 Å². The second-order valence-electron chi connectivity index (χ2n) is 7.60. The highest BCUT2D eigenvalue weighted by atomic mass is 16.2. The molecule has 2 aromatic rings. The predicted molar refractivity (Wildman–Crippen MR) is 104 cm³/mol. The molecule has 7 nitrogen and oxygen atoms in total. The molecule has 1 N–H and O–H groups in total. The minimum Gasteiger partial charge on any atom is -0.357 e. The molecule has 0 radical (unpaired) electrons. The molecule has 0 aromatic carbocycles. The second kappa shape index (κ2) is 7.66. The van der Waals surface area contributed by atoms with E-state index < -0.39 is 0 Å². The summed E-state index contributed by atoms with van der Waals surface area (Å²) in [5, 5.41) is 7.00. The van der Waals surface area contributed by atoms with Gasteiger partial charge in [-0.15, -0.1) is 0 Å². The second-order valence-corrected chi connectivity index (χ2v) is 7.60. The molecule has 27 heavy (non-hydrogen) atoms. The van der Waals surface area contributed by atoms with Gasteiger partial charge in [0.25, 0.3) is 5.91 Å². The molecule has 7 heteroatoms. The van der Waals surface area contributed by atoms with Gasteiger partial charge in [0.1, 0.15) is 11.6 Å². The highest BCUT2D eigenvalue weighted by Crippen LogP contribution is 2.29. The van der Waals surface area contributed by atoms with Crippen molar-refractivity contribution in [3.63, 3.8) is 0 Å². The van der Waals surface area contributed by atoms with Gasteiger partial charge in [0.15, 0.2) is 0 Å². The number of hydrogen-bond acceptors (Lipinski definition) is 5. The average Bonchev–Trinajstić information content (AvgIpc) is 3.38. The molecule has 2 aliphatic heterocycles. The lowest BCUT2D eigenvalue weighted by Crippen LogP contribution is -2.39. The smallest absolute Gasteiger partial charge is 0.257 e. The van der Waals surface area contributed by atoms with Crippen molar-refractivity contribution in [2.75, 3.05) is 31.1 Å². The maximum absolute atomic E-state index is 13.0. The molecule has 0 unspecified atom stereocenters. The van der Waals surface area contributed by atoms with E-state index in [1.165, 1.54) is 12.8 Å². The number of aryl methyl sites for hydroxylation is 2. The Hall–Kier alpha value is -2.44. The van der Waals surface area contributed by atoms with Gasteiger partial charge in [0.05, 0.1) is 17.5 Å². The SMILES string of the molecule is CCc1[nH]ncc1C(=O)N1CCC[C@H](c2cc(N3CCCC3)nc(C)n2)C1. The van der Waals surface area contributed by atoms with E-state index in [4.69, 9.17) is 4.98 Å². The molecule has 0 spiro atoms. The van der Waals surface area contributed by atoms with Crippen molar-refractivity contribution in [2.45, 2.75) is 51.9 Å². The fourth-order valence-corrected chi connectivity index (χ4v) is 4.23. The maximum atomic E-state index is 13.0. The Kier molecular flexibility index (Phi) is 5.09. The number of amides is 1. The third-order valence-corrected chi connectivity index (χ3v) is 5.70. The van der Waals surface area contributed by atoms with E-state index in [2.05, 4.69) is 26.1 Å². The molecule has 2 aromatic heterocycles. The van der Waals surface area contributed by atoms with Crippen molar-refractivity contribution in [3.05, 3.63) is 35.0 Å². The number of nitrogens with one attached hydrogen (secondary N) is 1.